The van der Waals surface area contributed by atoms with Crippen LogP contribution in [-0.2, 0) is 22.7 Å². The number of nitrogens with zero attached hydrogens (tertiary/aromatic N) is 2. The van der Waals surface area contributed by atoms with Crippen LogP contribution < -0.4 is 26.2 Å². The molecular weight excluding hydrogens is 908 g/mol. The molecule has 2 nitrogen and oxygen atoms in total. The van der Waals surface area contributed by atoms with Crippen LogP contribution in [0.15, 0.2) is 164 Å². The van der Waals surface area contributed by atoms with Gasteiger partial charge >= 0.3 is 0 Å². The molecular formula is C67H59BN2S2. The third-order valence-corrected chi connectivity index (χ3v) is 19.5. The van der Waals surface area contributed by atoms with Gasteiger partial charge in [-0.1, -0.05) is 152 Å². The van der Waals surface area contributed by atoms with Crippen molar-refractivity contribution in [3.63, 3.8) is 0 Å². The van der Waals surface area contributed by atoms with E-state index in [9.17, 15) is 0 Å². The van der Waals surface area contributed by atoms with Gasteiger partial charge in [-0.25, -0.2) is 0 Å². The SMILES string of the molecule is Cc1cc2c3c(c1)N(c1ccc(-c4cccc5c4sc4ccccc45)cc1)c1cc4c(cc1B3c1cc(C(C)(C)C)ccc1N2c1ccc(C2=CCCc3c2sc2ccccc32)cc1)C(C)(C)CCC4(C)C. The zero-order chi connectivity index (χ0) is 49.0. The van der Waals surface area contributed by atoms with E-state index in [1.807, 2.05) is 22.7 Å². The highest BCUT2D eigenvalue weighted by Gasteiger charge is 2.47. The summed E-state index contributed by atoms with van der Waals surface area (Å²) in [6, 6.07) is 61.3. The van der Waals surface area contributed by atoms with Gasteiger partial charge in [0.05, 0.1) is 0 Å². The zero-order valence-corrected chi connectivity index (χ0v) is 44.3. The van der Waals surface area contributed by atoms with E-state index in [4.69, 9.17) is 0 Å². The van der Waals surface area contributed by atoms with Crippen LogP contribution in [0, 0.1) is 6.92 Å². The Kier molecular flexibility index (Phi) is 9.60. The van der Waals surface area contributed by atoms with Gasteiger partial charge in [-0.3, -0.25) is 0 Å². The number of hydrogen-bond acceptors (Lipinski definition) is 4. The van der Waals surface area contributed by atoms with Gasteiger partial charge < -0.3 is 9.80 Å². The number of anilines is 6. The van der Waals surface area contributed by atoms with Crippen molar-refractivity contribution < 1.29 is 0 Å². The van der Waals surface area contributed by atoms with E-state index in [0.717, 1.165) is 12.8 Å². The second-order valence-electron chi connectivity index (χ2n) is 23.5. The average molecular weight is 967 g/mol. The summed E-state index contributed by atoms with van der Waals surface area (Å²) in [6.07, 6.45) is 6.99. The molecule has 0 unspecified atom stereocenters. The quantitative estimate of drug-likeness (QED) is 0.162. The Morgan fingerprint density at radius 1 is 0.542 bits per heavy atom. The van der Waals surface area contributed by atoms with Gasteiger partial charge in [-0.2, -0.15) is 0 Å². The predicted octanol–water partition coefficient (Wildman–Crippen LogP) is 17.4. The highest BCUT2D eigenvalue weighted by molar-refractivity contribution is 7.26. The molecule has 352 valence electrons. The van der Waals surface area contributed by atoms with Crippen LogP contribution in [0.4, 0.5) is 34.1 Å². The molecule has 0 atom stereocenters. The Labute approximate surface area is 433 Å². The van der Waals surface area contributed by atoms with E-state index in [2.05, 4.69) is 229 Å². The van der Waals surface area contributed by atoms with Crippen molar-refractivity contribution in [1.29, 1.82) is 0 Å². The van der Waals surface area contributed by atoms with Gasteiger partial charge in [-0.15, -0.1) is 22.7 Å². The van der Waals surface area contributed by atoms with Crippen LogP contribution in [0.1, 0.15) is 106 Å². The van der Waals surface area contributed by atoms with Crippen molar-refractivity contribution in [2.75, 3.05) is 9.80 Å². The minimum absolute atomic E-state index is 0.0234. The summed E-state index contributed by atoms with van der Waals surface area (Å²) in [7, 11) is 0. The fourth-order valence-corrected chi connectivity index (χ4v) is 15.6. The monoisotopic (exact) mass is 966 g/mol. The summed E-state index contributed by atoms with van der Waals surface area (Å²) >= 11 is 3.86. The molecule has 8 aromatic carbocycles. The van der Waals surface area contributed by atoms with E-state index in [1.54, 1.807) is 0 Å². The maximum absolute atomic E-state index is 2.67. The fourth-order valence-electron chi connectivity index (χ4n) is 13.0. The van der Waals surface area contributed by atoms with E-state index >= 15 is 0 Å². The fraction of sp³-hybridized carbons (Fsp3) is 0.224. The first kappa shape index (κ1) is 44.1. The first-order valence-corrected chi connectivity index (χ1v) is 27.8. The smallest absolute Gasteiger partial charge is 0.252 e. The number of aryl methyl sites for hydroxylation is 2. The summed E-state index contributed by atoms with van der Waals surface area (Å²) in [5, 5.41) is 4.09. The van der Waals surface area contributed by atoms with Crippen molar-refractivity contribution in [1.82, 2.24) is 0 Å². The van der Waals surface area contributed by atoms with E-state index in [0.29, 0.717) is 0 Å². The normalized spacial score (nSPS) is 16.3. The van der Waals surface area contributed by atoms with Crippen molar-refractivity contribution in [2.24, 2.45) is 0 Å². The van der Waals surface area contributed by atoms with Gasteiger partial charge in [0.25, 0.3) is 6.71 Å². The zero-order valence-electron chi connectivity index (χ0n) is 42.7. The van der Waals surface area contributed by atoms with Crippen LogP contribution in [-0.4, -0.2) is 6.71 Å². The first-order valence-electron chi connectivity index (χ1n) is 26.1. The van der Waals surface area contributed by atoms with Crippen molar-refractivity contribution in [2.45, 2.75) is 97.3 Å². The molecule has 0 N–H and O–H groups in total. The molecule has 2 aromatic heterocycles. The molecule has 0 fully saturated rings. The molecule has 0 saturated carbocycles. The molecule has 72 heavy (non-hydrogen) atoms. The minimum Gasteiger partial charge on any atom is -0.311 e. The van der Waals surface area contributed by atoms with Crippen LogP contribution in [0.2, 0.25) is 0 Å². The van der Waals surface area contributed by atoms with Gasteiger partial charge in [0.15, 0.2) is 0 Å². The molecule has 0 amide bonds. The maximum atomic E-state index is 2.67. The summed E-state index contributed by atoms with van der Waals surface area (Å²) in [6.45, 7) is 19.3. The molecule has 2 aliphatic carbocycles. The molecule has 0 bridgehead atoms. The lowest BCUT2D eigenvalue weighted by Gasteiger charge is -2.47. The number of allylic oxidation sites excluding steroid dienone is 1. The lowest BCUT2D eigenvalue weighted by Crippen LogP contribution is -2.62. The second-order valence-corrected chi connectivity index (χ2v) is 25.6. The molecule has 0 radical (unpaired) electrons. The molecule has 2 aliphatic heterocycles. The molecule has 5 heteroatoms. The Hall–Kier alpha value is -6.66. The topological polar surface area (TPSA) is 6.48 Å². The van der Waals surface area contributed by atoms with Gasteiger partial charge in [0, 0.05) is 63.9 Å². The molecule has 14 rings (SSSR count). The Bertz CT molecular complexity index is 3930. The van der Waals surface area contributed by atoms with Crippen LogP contribution in [0.5, 0.6) is 0 Å². The average Bonchev–Trinajstić information content (AvgIpc) is 3.97. The lowest BCUT2D eigenvalue weighted by atomic mass is 9.33. The molecule has 10 aromatic rings. The van der Waals surface area contributed by atoms with E-state index in [1.165, 1.54) is 149 Å². The highest BCUT2D eigenvalue weighted by Crippen LogP contribution is 2.52. The molecule has 0 spiro atoms. The first-order chi connectivity index (χ1) is 34.7. The highest BCUT2D eigenvalue weighted by atomic mass is 32.1. The predicted molar refractivity (Wildman–Crippen MR) is 315 cm³/mol. The van der Waals surface area contributed by atoms with E-state index in [-0.39, 0.29) is 23.0 Å². The Morgan fingerprint density at radius 3 is 1.83 bits per heavy atom. The third kappa shape index (κ3) is 6.59. The van der Waals surface area contributed by atoms with Crippen molar-refractivity contribution in [3.05, 3.63) is 202 Å². The standard InChI is InChI=1S/C67H59BN2S2/c1-40-35-58-62-59(36-40)70(45-30-25-42(26-31-45)47-18-14-20-51-49-16-10-12-22-61(49)72-64(47)51)57-39-53-52(66(5,6)33-34-67(53,7)8)38-55(57)68(62)54-37-43(65(2,3)4)27-32-56(54)69(58)44-28-23-41(24-29-44)46-17-13-19-50-48-15-9-11-21-60(48)71-63(46)50/h9-12,14-18,20-32,35-39H,13,19,33-34H2,1-8H3. The van der Waals surface area contributed by atoms with Crippen LogP contribution in [0.25, 0.3) is 47.0 Å². The summed E-state index contributed by atoms with van der Waals surface area (Å²) in [5.74, 6) is 0. The largest absolute Gasteiger partial charge is 0.311 e. The molecule has 4 heterocycles. The lowest BCUT2D eigenvalue weighted by molar-refractivity contribution is 0.332. The van der Waals surface area contributed by atoms with Gasteiger partial charge in [0.1, 0.15) is 0 Å². The Balaban J connectivity index is 0.977. The Morgan fingerprint density at radius 2 is 1.14 bits per heavy atom. The van der Waals surface area contributed by atoms with Gasteiger partial charge in [-0.05, 0) is 181 Å². The second kappa shape index (κ2) is 15.7. The maximum Gasteiger partial charge on any atom is 0.252 e. The van der Waals surface area contributed by atoms with E-state index < -0.39 is 0 Å². The molecule has 0 saturated heterocycles. The summed E-state index contributed by atoms with van der Waals surface area (Å²) in [4.78, 5) is 6.66. The number of thiophene rings is 2. The number of fused-ring (bicyclic) bond motifs is 11. The van der Waals surface area contributed by atoms with Crippen LogP contribution >= 0.6 is 22.7 Å². The number of benzene rings is 8. The molecule has 4 aliphatic rings. The summed E-state index contributed by atoms with van der Waals surface area (Å²) in [5.41, 5.74) is 24.1. The summed E-state index contributed by atoms with van der Waals surface area (Å²) < 4.78 is 4.07. The van der Waals surface area contributed by atoms with Crippen molar-refractivity contribution >= 4 is 116 Å². The van der Waals surface area contributed by atoms with Crippen molar-refractivity contribution in [3.8, 4) is 11.1 Å². The minimum atomic E-state index is -0.0234. The number of rotatable bonds is 4. The van der Waals surface area contributed by atoms with Gasteiger partial charge in [0.2, 0.25) is 0 Å². The number of hydrogen-bond donors (Lipinski definition) is 0. The van der Waals surface area contributed by atoms with Crippen LogP contribution in [0.3, 0.4) is 0 Å². The third-order valence-electron chi connectivity index (χ3n) is 17.0.